The lowest BCUT2D eigenvalue weighted by Gasteiger charge is -2.26. The van der Waals surface area contributed by atoms with Crippen molar-refractivity contribution in [2.75, 3.05) is 40.9 Å². The lowest BCUT2D eigenvalue weighted by Crippen LogP contribution is -2.35. The van der Waals surface area contributed by atoms with Crippen molar-refractivity contribution in [3.63, 3.8) is 0 Å². The number of methoxy groups -OCH3 is 1. The Morgan fingerprint density at radius 2 is 1.94 bits per heavy atom. The third-order valence-corrected chi connectivity index (χ3v) is 5.55. The van der Waals surface area contributed by atoms with Gasteiger partial charge in [-0.05, 0) is 56.9 Å². The van der Waals surface area contributed by atoms with Crippen LogP contribution in [0.5, 0.6) is 11.5 Å². The molecule has 1 atom stereocenters. The molecule has 1 N–H and O–H groups in total. The molecule has 1 fully saturated rings. The van der Waals surface area contributed by atoms with Crippen LogP contribution in [-0.2, 0) is 9.59 Å². The number of hydrogen-bond donors (Lipinski definition) is 1. The van der Waals surface area contributed by atoms with E-state index in [2.05, 4.69) is 0 Å². The van der Waals surface area contributed by atoms with Gasteiger partial charge in [0.25, 0.3) is 11.7 Å². The monoisotopic (exact) mass is 458 g/mol. The molecule has 3 rings (SSSR count). The van der Waals surface area contributed by atoms with Gasteiger partial charge in [-0.25, -0.2) is 0 Å². The Bertz CT molecular complexity index is 1050. The molecule has 1 heterocycles. The summed E-state index contributed by atoms with van der Waals surface area (Å²) in [5.41, 5.74) is 1.03. The number of likely N-dealkylation sites (tertiary alicyclic amines) is 1. The van der Waals surface area contributed by atoms with Crippen LogP contribution < -0.4 is 9.47 Å². The van der Waals surface area contributed by atoms with Gasteiger partial charge in [0.15, 0.2) is 0 Å². The Balaban J connectivity index is 2.17. The summed E-state index contributed by atoms with van der Waals surface area (Å²) in [6.45, 7) is 3.09. The van der Waals surface area contributed by atoms with Crippen LogP contribution in [0.1, 0.15) is 24.1 Å². The van der Waals surface area contributed by atoms with Gasteiger partial charge < -0.3 is 24.4 Å². The minimum atomic E-state index is -0.753. The maximum absolute atomic E-state index is 13.1. The summed E-state index contributed by atoms with van der Waals surface area (Å²) in [6.07, 6.45) is 0. The number of rotatable bonds is 8. The highest BCUT2D eigenvalue weighted by molar-refractivity contribution is 6.46. The van der Waals surface area contributed by atoms with Crippen LogP contribution in [-0.4, -0.2) is 67.5 Å². The number of aliphatic hydroxyl groups excluding tert-OH is 1. The molecule has 1 aliphatic rings. The molecule has 0 aliphatic carbocycles. The molecule has 170 valence electrons. The number of benzene rings is 2. The Hall–Kier alpha value is -3.03. The molecule has 0 saturated carbocycles. The van der Waals surface area contributed by atoms with E-state index in [1.165, 1.54) is 4.90 Å². The van der Waals surface area contributed by atoms with Crippen LogP contribution >= 0.6 is 11.6 Å². The summed E-state index contributed by atoms with van der Waals surface area (Å²) in [6, 6.07) is 11.1. The lowest BCUT2D eigenvalue weighted by atomic mass is 9.95. The number of likely N-dealkylation sites (N-methyl/N-ethyl adjacent to an activating group) is 1. The zero-order chi connectivity index (χ0) is 23.4. The Morgan fingerprint density at radius 3 is 2.59 bits per heavy atom. The predicted octanol–water partition coefficient (Wildman–Crippen LogP) is 3.73. The number of amides is 1. The van der Waals surface area contributed by atoms with Crippen LogP contribution in [0, 0.1) is 0 Å². The molecule has 32 heavy (non-hydrogen) atoms. The molecule has 1 aliphatic heterocycles. The zero-order valence-corrected chi connectivity index (χ0v) is 19.3. The zero-order valence-electron chi connectivity index (χ0n) is 18.6. The van der Waals surface area contributed by atoms with Crippen molar-refractivity contribution < 1.29 is 24.2 Å². The highest BCUT2D eigenvalue weighted by Gasteiger charge is 2.46. The van der Waals surface area contributed by atoms with Crippen LogP contribution in [0.3, 0.4) is 0 Å². The fourth-order valence-corrected chi connectivity index (χ4v) is 3.82. The molecular formula is C24H27ClN2O5. The maximum Gasteiger partial charge on any atom is 0.295 e. The van der Waals surface area contributed by atoms with Gasteiger partial charge in [0, 0.05) is 18.7 Å². The summed E-state index contributed by atoms with van der Waals surface area (Å²) in [5, 5.41) is 11.6. The first kappa shape index (κ1) is 23.6. The fourth-order valence-electron chi connectivity index (χ4n) is 3.65. The first-order valence-corrected chi connectivity index (χ1v) is 10.7. The first-order valence-electron chi connectivity index (χ1n) is 10.3. The molecule has 2 aromatic carbocycles. The van der Waals surface area contributed by atoms with Crippen LogP contribution in [0.2, 0.25) is 5.02 Å². The van der Waals surface area contributed by atoms with E-state index < -0.39 is 17.7 Å². The van der Waals surface area contributed by atoms with E-state index in [0.29, 0.717) is 47.3 Å². The summed E-state index contributed by atoms with van der Waals surface area (Å²) in [4.78, 5) is 29.5. The summed E-state index contributed by atoms with van der Waals surface area (Å²) >= 11 is 6.17. The van der Waals surface area contributed by atoms with E-state index in [1.54, 1.807) is 43.5 Å². The van der Waals surface area contributed by atoms with Gasteiger partial charge in [-0.2, -0.15) is 0 Å². The number of hydrogen-bond acceptors (Lipinski definition) is 6. The van der Waals surface area contributed by atoms with Gasteiger partial charge in [-0.1, -0.05) is 23.7 Å². The highest BCUT2D eigenvalue weighted by Crippen LogP contribution is 2.41. The van der Waals surface area contributed by atoms with Gasteiger partial charge >= 0.3 is 0 Å². The second-order valence-electron chi connectivity index (χ2n) is 7.65. The lowest BCUT2D eigenvalue weighted by molar-refractivity contribution is -0.140. The fraction of sp³-hybridized carbons (Fsp3) is 0.333. The minimum Gasteiger partial charge on any atom is -0.507 e. The molecule has 0 aromatic heterocycles. The van der Waals surface area contributed by atoms with Crippen molar-refractivity contribution in [2.45, 2.75) is 13.0 Å². The standard InChI is InChI=1S/C24H27ClN2O5/c1-5-32-19-14-16(9-10-18(19)25)22(28)20-21(15-7-6-8-17(13-15)31-4)27(12-11-26(2)3)24(30)23(20)29/h6-10,13-14,21,28H,5,11-12H2,1-4H3/b22-20-. The quantitative estimate of drug-likeness (QED) is 0.369. The average Bonchev–Trinajstić information content (AvgIpc) is 3.03. The summed E-state index contributed by atoms with van der Waals surface area (Å²) < 4.78 is 10.8. The van der Waals surface area contributed by atoms with Crippen molar-refractivity contribution in [1.29, 1.82) is 0 Å². The molecule has 8 heteroatoms. The second kappa shape index (κ2) is 10.1. The largest absolute Gasteiger partial charge is 0.507 e. The van der Waals surface area contributed by atoms with Crippen molar-refractivity contribution in [3.8, 4) is 11.5 Å². The normalized spacial score (nSPS) is 17.8. The molecule has 1 unspecified atom stereocenters. The molecule has 0 spiro atoms. The smallest absolute Gasteiger partial charge is 0.295 e. The number of carbonyl (C=O) groups is 2. The number of halogens is 1. The van der Waals surface area contributed by atoms with Crippen LogP contribution in [0.4, 0.5) is 0 Å². The van der Waals surface area contributed by atoms with E-state index in [1.807, 2.05) is 32.0 Å². The van der Waals surface area contributed by atoms with Crippen molar-refractivity contribution in [3.05, 3.63) is 64.2 Å². The molecule has 0 radical (unpaired) electrons. The molecule has 7 nitrogen and oxygen atoms in total. The minimum absolute atomic E-state index is 0.0202. The second-order valence-corrected chi connectivity index (χ2v) is 8.06. The predicted molar refractivity (Wildman–Crippen MR) is 123 cm³/mol. The number of Topliss-reactive ketones (excluding diaryl/α,β-unsaturated/α-hetero) is 1. The number of ketones is 1. The highest BCUT2D eigenvalue weighted by atomic mass is 35.5. The molecule has 1 saturated heterocycles. The number of nitrogens with zero attached hydrogens (tertiary/aromatic N) is 2. The van der Waals surface area contributed by atoms with Crippen molar-refractivity contribution in [1.82, 2.24) is 9.80 Å². The van der Waals surface area contributed by atoms with Gasteiger partial charge in [0.1, 0.15) is 17.3 Å². The van der Waals surface area contributed by atoms with Crippen molar-refractivity contribution >= 4 is 29.1 Å². The number of ether oxygens (including phenoxy) is 2. The van der Waals surface area contributed by atoms with Gasteiger partial charge in [-0.15, -0.1) is 0 Å². The van der Waals surface area contributed by atoms with Gasteiger partial charge in [0.05, 0.1) is 30.4 Å². The van der Waals surface area contributed by atoms with Crippen molar-refractivity contribution in [2.24, 2.45) is 0 Å². The Kier molecular flexibility index (Phi) is 7.43. The van der Waals surface area contributed by atoms with E-state index in [4.69, 9.17) is 21.1 Å². The van der Waals surface area contributed by atoms with E-state index >= 15 is 0 Å². The third kappa shape index (κ3) is 4.74. The maximum atomic E-state index is 13.1. The topological polar surface area (TPSA) is 79.3 Å². The molecular weight excluding hydrogens is 432 g/mol. The SMILES string of the molecule is CCOc1cc(/C(O)=C2/C(=O)C(=O)N(CCN(C)C)C2c2cccc(OC)c2)ccc1Cl. The average molecular weight is 459 g/mol. The Morgan fingerprint density at radius 1 is 1.19 bits per heavy atom. The van der Waals surface area contributed by atoms with Crippen LogP contribution in [0.15, 0.2) is 48.0 Å². The van der Waals surface area contributed by atoms with E-state index in [9.17, 15) is 14.7 Å². The van der Waals surface area contributed by atoms with Gasteiger partial charge in [-0.3, -0.25) is 9.59 Å². The van der Waals surface area contributed by atoms with Gasteiger partial charge in [0.2, 0.25) is 0 Å². The number of aliphatic hydroxyl groups is 1. The van der Waals surface area contributed by atoms with Crippen LogP contribution in [0.25, 0.3) is 5.76 Å². The third-order valence-electron chi connectivity index (χ3n) is 5.24. The van der Waals surface area contributed by atoms with E-state index in [0.717, 1.165) is 0 Å². The molecule has 0 bridgehead atoms. The van der Waals surface area contributed by atoms with E-state index in [-0.39, 0.29) is 11.3 Å². The summed E-state index contributed by atoms with van der Waals surface area (Å²) in [7, 11) is 5.32. The molecule has 1 amide bonds. The molecule has 2 aromatic rings. The first-order chi connectivity index (χ1) is 15.3. The number of carbonyl (C=O) groups excluding carboxylic acids is 2. The summed E-state index contributed by atoms with van der Waals surface area (Å²) in [5.74, 6) is -0.688. The Labute approximate surface area is 192 Å².